The molecule has 0 radical (unpaired) electrons. The van der Waals surface area contributed by atoms with Gasteiger partial charge in [0.2, 0.25) is 5.91 Å². The fourth-order valence-corrected chi connectivity index (χ4v) is 4.01. The molecule has 2 unspecified atom stereocenters. The lowest BCUT2D eigenvalue weighted by atomic mass is 9.99. The van der Waals surface area contributed by atoms with Gasteiger partial charge in [0.25, 0.3) is 0 Å². The number of carbonyl (C=O) groups excluding carboxylic acids is 1. The average molecular weight is 269 g/mol. The van der Waals surface area contributed by atoms with Crippen molar-refractivity contribution in [2.45, 2.75) is 44.4 Å². The Kier molecular flexibility index (Phi) is 4.54. The summed E-state index contributed by atoms with van der Waals surface area (Å²) >= 11 is 1.83. The van der Waals surface area contributed by atoms with Gasteiger partial charge in [-0.05, 0) is 12.3 Å². The Bertz CT molecular complexity index is 341. The summed E-state index contributed by atoms with van der Waals surface area (Å²) < 4.78 is 0. The molecule has 0 spiro atoms. The number of nitrogens with one attached hydrogen (secondary N) is 1. The van der Waals surface area contributed by atoms with Crippen LogP contribution in [-0.4, -0.2) is 47.4 Å². The summed E-state index contributed by atoms with van der Waals surface area (Å²) in [4.78, 5) is 18.2. The van der Waals surface area contributed by atoms with Crippen LogP contribution >= 0.6 is 11.8 Å². The maximum absolute atomic E-state index is 11.8. The lowest BCUT2D eigenvalue weighted by Crippen LogP contribution is -2.39. The van der Waals surface area contributed by atoms with Gasteiger partial charge in [-0.2, -0.15) is 0 Å². The Morgan fingerprint density at radius 3 is 2.78 bits per heavy atom. The molecule has 2 rings (SSSR count). The first-order valence-corrected chi connectivity index (χ1v) is 7.76. The van der Waals surface area contributed by atoms with Gasteiger partial charge in [-0.1, -0.05) is 38.5 Å². The second kappa shape index (κ2) is 5.95. The average Bonchev–Trinajstić information content (AvgIpc) is 2.94. The fraction of sp³-hybridized carbons (Fsp3) is 0.846. The number of amidine groups is 1. The number of hydrogen-bond acceptors (Lipinski definition) is 4. The quantitative estimate of drug-likeness (QED) is 0.845. The monoisotopic (exact) mass is 269 g/mol. The first-order valence-electron chi connectivity index (χ1n) is 6.88. The highest BCUT2D eigenvalue weighted by Crippen LogP contribution is 2.30. The molecule has 2 atom stereocenters. The number of hydrogen-bond donors (Lipinski definition) is 1. The summed E-state index contributed by atoms with van der Waals surface area (Å²) in [5.41, 5.74) is 0. The van der Waals surface area contributed by atoms with Gasteiger partial charge in [0.1, 0.15) is 6.04 Å². The molecule has 4 nitrogen and oxygen atoms in total. The maximum atomic E-state index is 11.8. The smallest absolute Gasteiger partial charge is 0.244 e. The van der Waals surface area contributed by atoms with E-state index in [1.165, 1.54) is 12.8 Å². The Morgan fingerprint density at radius 1 is 1.50 bits per heavy atom. The Balaban J connectivity index is 1.84. The number of amides is 1. The SMILES string of the molecule is CCC(CC)C1CN=C(NC2CCN(C)C2=O)S1. The number of nitrogens with zero attached hydrogens (tertiary/aromatic N) is 2. The summed E-state index contributed by atoms with van der Waals surface area (Å²) in [6.07, 6.45) is 3.31. The molecule has 2 heterocycles. The van der Waals surface area contributed by atoms with E-state index in [2.05, 4.69) is 24.2 Å². The minimum absolute atomic E-state index is 0.0540. The van der Waals surface area contributed by atoms with Crippen molar-refractivity contribution in [1.29, 1.82) is 0 Å². The van der Waals surface area contributed by atoms with E-state index in [4.69, 9.17) is 0 Å². The van der Waals surface area contributed by atoms with Crippen molar-refractivity contribution in [2.24, 2.45) is 10.9 Å². The van der Waals surface area contributed by atoms with Crippen molar-refractivity contribution in [1.82, 2.24) is 10.2 Å². The number of likely N-dealkylation sites (N-methyl/N-ethyl adjacent to an activating group) is 1. The van der Waals surface area contributed by atoms with Crippen molar-refractivity contribution in [3.05, 3.63) is 0 Å². The summed E-state index contributed by atoms with van der Waals surface area (Å²) in [5.74, 6) is 0.935. The number of rotatable bonds is 4. The molecule has 0 aromatic rings. The third kappa shape index (κ3) is 2.82. The van der Waals surface area contributed by atoms with Crippen LogP contribution in [0.3, 0.4) is 0 Å². The van der Waals surface area contributed by atoms with E-state index in [9.17, 15) is 4.79 Å². The molecule has 1 amide bonds. The molecule has 1 saturated heterocycles. The topological polar surface area (TPSA) is 44.7 Å². The number of likely N-dealkylation sites (tertiary alicyclic amines) is 1. The predicted molar refractivity (Wildman–Crippen MR) is 76.9 cm³/mol. The number of aliphatic imine (C=N–C) groups is 1. The van der Waals surface area contributed by atoms with Crippen LogP contribution in [0.15, 0.2) is 4.99 Å². The van der Waals surface area contributed by atoms with E-state index >= 15 is 0 Å². The zero-order valence-corrected chi connectivity index (χ0v) is 12.3. The first-order chi connectivity index (χ1) is 8.65. The van der Waals surface area contributed by atoms with E-state index in [0.29, 0.717) is 5.25 Å². The lowest BCUT2D eigenvalue weighted by molar-refractivity contribution is -0.127. The maximum Gasteiger partial charge on any atom is 0.244 e. The fourth-order valence-electron chi connectivity index (χ4n) is 2.64. The standard InChI is InChI=1S/C13H23N3OS/c1-4-9(5-2)11-8-14-13(18-11)15-10-6-7-16(3)12(10)17/h9-11H,4-8H2,1-3H3,(H,14,15). The van der Waals surface area contributed by atoms with Crippen LogP contribution in [0.5, 0.6) is 0 Å². The Labute approximate surface area is 114 Å². The zero-order valence-electron chi connectivity index (χ0n) is 11.5. The molecule has 1 N–H and O–H groups in total. The molecule has 0 aliphatic carbocycles. The summed E-state index contributed by atoms with van der Waals surface area (Å²) in [6.45, 7) is 6.24. The molecule has 2 aliphatic heterocycles. The highest BCUT2D eigenvalue weighted by molar-refractivity contribution is 8.14. The van der Waals surface area contributed by atoms with Crippen molar-refractivity contribution in [3.63, 3.8) is 0 Å². The number of carbonyl (C=O) groups is 1. The second-order valence-electron chi connectivity index (χ2n) is 5.12. The lowest BCUT2D eigenvalue weighted by Gasteiger charge is -2.19. The van der Waals surface area contributed by atoms with Gasteiger partial charge in [0.15, 0.2) is 5.17 Å². The van der Waals surface area contributed by atoms with Crippen molar-refractivity contribution >= 4 is 22.8 Å². The normalized spacial score (nSPS) is 28.1. The molecule has 0 bridgehead atoms. The molecule has 1 fully saturated rings. The van der Waals surface area contributed by atoms with Crippen molar-refractivity contribution < 1.29 is 4.79 Å². The van der Waals surface area contributed by atoms with Crippen molar-refractivity contribution in [3.8, 4) is 0 Å². The van der Waals surface area contributed by atoms with E-state index < -0.39 is 0 Å². The van der Waals surface area contributed by atoms with Gasteiger partial charge in [-0.25, -0.2) is 0 Å². The minimum atomic E-state index is -0.0540. The van der Waals surface area contributed by atoms with E-state index in [1.54, 1.807) is 4.90 Å². The summed E-state index contributed by atoms with van der Waals surface area (Å²) in [6, 6.07) is -0.0540. The van der Waals surface area contributed by atoms with Crippen LogP contribution in [0.25, 0.3) is 0 Å². The molecule has 0 saturated carbocycles. The van der Waals surface area contributed by atoms with Gasteiger partial charge >= 0.3 is 0 Å². The largest absolute Gasteiger partial charge is 0.353 e. The van der Waals surface area contributed by atoms with Crippen LogP contribution < -0.4 is 5.32 Å². The minimum Gasteiger partial charge on any atom is -0.353 e. The van der Waals surface area contributed by atoms with Crippen LogP contribution in [0.2, 0.25) is 0 Å². The zero-order chi connectivity index (χ0) is 13.1. The van der Waals surface area contributed by atoms with E-state index in [1.807, 2.05) is 18.8 Å². The molecular weight excluding hydrogens is 246 g/mol. The highest BCUT2D eigenvalue weighted by Gasteiger charge is 2.32. The molecule has 102 valence electrons. The summed E-state index contributed by atoms with van der Waals surface area (Å²) in [5, 5.41) is 4.88. The van der Waals surface area contributed by atoms with E-state index in [0.717, 1.165) is 30.6 Å². The van der Waals surface area contributed by atoms with Crippen LogP contribution in [-0.2, 0) is 4.79 Å². The van der Waals surface area contributed by atoms with Crippen molar-refractivity contribution in [2.75, 3.05) is 20.1 Å². The predicted octanol–water partition coefficient (Wildman–Crippen LogP) is 1.71. The van der Waals surface area contributed by atoms with Gasteiger partial charge in [-0.3, -0.25) is 9.79 Å². The molecular formula is C13H23N3OS. The van der Waals surface area contributed by atoms with Crippen LogP contribution in [0, 0.1) is 5.92 Å². The molecule has 18 heavy (non-hydrogen) atoms. The Morgan fingerprint density at radius 2 is 2.22 bits per heavy atom. The van der Waals surface area contributed by atoms with Gasteiger partial charge in [-0.15, -0.1) is 0 Å². The molecule has 5 heteroatoms. The van der Waals surface area contributed by atoms with Gasteiger partial charge in [0.05, 0.1) is 6.54 Å². The van der Waals surface area contributed by atoms with Crippen LogP contribution in [0.1, 0.15) is 33.1 Å². The molecule has 0 aromatic carbocycles. The first kappa shape index (κ1) is 13.7. The third-order valence-corrected chi connectivity index (χ3v) is 5.28. The van der Waals surface area contributed by atoms with Gasteiger partial charge < -0.3 is 10.2 Å². The third-order valence-electron chi connectivity index (χ3n) is 3.98. The summed E-state index contributed by atoms with van der Waals surface area (Å²) in [7, 11) is 1.86. The molecule has 0 aromatic heterocycles. The Hall–Kier alpha value is -0.710. The number of thioether (sulfide) groups is 1. The van der Waals surface area contributed by atoms with Gasteiger partial charge in [0, 0.05) is 18.8 Å². The second-order valence-corrected chi connectivity index (χ2v) is 6.35. The van der Waals surface area contributed by atoms with Crippen LogP contribution in [0.4, 0.5) is 0 Å². The highest BCUT2D eigenvalue weighted by atomic mass is 32.2. The van der Waals surface area contributed by atoms with E-state index in [-0.39, 0.29) is 11.9 Å². The molecule has 2 aliphatic rings.